The number of ether oxygens (including phenoxy) is 1. The van der Waals surface area contributed by atoms with Gasteiger partial charge in [-0.05, 0) is 13.0 Å². The normalized spacial score (nSPS) is 12.8. The highest BCUT2D eigenvalue weighted by Crippen LogP contribution is 2.28. The van der Waals surface area contributed by atoms with Crippen LogP contribution in [-0.4, -0.2) is 26.6 Å². The molecule has 7 heteroatoms. The fourth-order valence-electron chi connectivity index (χ4n) is 2.17. The van der Waals surface area contributed by atoms with Gasteiger partial charge in [0, 0.05) is 17.6 Å². The summed E-state index contributed by atoms with van der Waals surface area (Å²) in [6.07, 6.45) is 1.80. The van der Waals surface area contributed by atoms with Gasteiger partial charge in [0.25, 0.3) is 0 Å². The molecule has 0 aromatic carbocycles. The first-order valence-electron chi connectivity index (χ1n) is 6.11. The van der Waals surface area contributed by atoms with Crippen LogP contribution in [0.15, 0.2) is 23.7 Å². The highest BCUT2D eigenvalue weighted by molar-refractivity contribution is 7.09. The van der Waals surface area contributed by atoms with Crippen LogP contribution in [0.5, 0.6) is 5.88 Å². The van der Waals surface area contributed by atoms with Crippen LogP contribution in [0, 0.1) is 0 Å². The van der Waals surface area contributed by atoms with E-state index < -0.39 is 0 Å². The second-order valence-electron chi connectivity index (χ2n) is 4.27. The molecule has 0 saturated carbocycles. The summed E-state index contributed by atoms with van der Waals surface area (Å²) in [6, 6.07) is 3.72. The highest BCUT2D eigenvalue weighted by Gasteiger charge is 2.19. The zero-order chi connectivity index (χ0) is 14.1. The summed E-state index contributed by atoms with van der Waals surface area (Å²) in [7, 11) is 1.60. The molecular weight excluding hydrogens is 296 g/mol. The third-order valence-corrected chi connectivity index (χ3v) is 4.29. The van der Waals surface area contributed by atoms with E-state index in [-0.39, 0.29) is 6.04 Å². The van der Waals surface area contributed by atoms with Gasteiger partial charge in [-0.15, -0.1) is 22.9 Å². The van der Waals surface area contributed by atoms with Crippen molar-refractivity contribution in [2.24, 2.45) is 0 Å². The lowest BCUT2D eigenvalue weighted by atomic mass is 10.3. The first-order chi connectivity index (χ1) is 9.74. The van der Waals surface area contributed by atoms with E-state index in [4.69, 9.17) is 16.3 Å². The lowest BCUT2D eigenvalue weighted by molar-refractivity contribution is 0.398. The summed E-state index contributed by atoms with van der Waals surface area (Å²) in [5, 5.41) is 2.96. The number of hydrogen-bond donors (Lipinski definition) is 0. The van der Waals surface area contributed by atoms with E-state index >= 15 is 0 Å². The number of nitrogens with zero attached hydrogens (tertiary/aromatic N) is 4. The van der Waals surface area contributed by atoms with Gasteiger partial charge in [-0.2, -0.15) is 4.98 Å². The van der Waals surface area contributed by atoms with Crippen LogP contribution in [0.25, 0.3) is 11.2 Å². The molecule has 0 aliphatic carbocycles. The Labute approximate surface area is 125 Å². The van der Waals surface area contributed by atoms with Crippen molar-refractivity contribution >= 4 is 34.1 Å². The average molecular weight is 309 g/mol. The number of methoxy groups -OCH3 is 1. The predicted molar refractivity (Wildman–Crippen MR) is 79.6 cm³/mol. The van der Waals surface area contributed by atoms with Gasteiger partial charge < -0.3 is 9.30 Å². The van der Waals surface area contributed by atoms with Gasteiger partial charge in [0.2, 0.25) is 5.88 Å². The Morgan fingerprint density at radius 3 is 2.90 bits per heavy atom. The van der Waals surface area contributed by atoms with E-state index in [2.05, 4.69) is 21.9 Å². The number of rotatable bonds is 4. The second kappa shape index (κ2) is 5.38. The van der Waals surface area contributed by atoms with Gasteiger partial charge >= 0.3 is 0 Å². The number of imidazole rings is 1. The van der Waals surface area contributed by atoms with Crippen molar-refractivity contribution in [3.05, 3.63) is 34.5 Å². The molecule has 0 fully saturated rings. The number of aromatic nitrogens is 4. The van der Waals surface area contributed by atoms with E-state index in [0.29, 0.717) is 11.8 Å². The molecule has 0 amide bonds. The van der Waals surface area contributed by atoms with Crippen molar-refractivity contribution < 1.29 is 4.74 Å². The first-order valence-corrected chi connectivity index (χ1v) is 7.53. The van der Waals surface area contributed by atoms with Crippen LogP contribution in [0.2, 0.25) is 0 Å². The summed E-state index contributed by atoms with van der Waals surface area (Å²) >= 11 is 7.63. The van der Waals surface area contributed by atoms with Gasteiger partial charge in [0.15, 0.2) is 5.65 Å². The molecule has 0 bridgehead atoms. The van der Waals surface area contributed by atoms with Crippen LogP contribution in [0.3, 0.4) is 0 Å². The van der Waals surface area contributed by atoms with E-state index in [1.165, 1.54) is 0 Å². The quantitative estimate of drug-likeness (QED) is 0.694. The van der Waals surface area contributed by atoms with E-state index in [9.17, 15) is 0 Å². The molecular formula is C13H13ClN4OS. The van der Waals surface area contributed by atoms with Crippen LogP contribution in [0.4, 0.5) is 0 Å². The molecule has 3 rings (SSSR count). The minimum Gasteiger partial charge on any atom is -0.481 e. The third kappa shape index (κ3) is 2.14. The summed E-state index contributed by atoms with van der Waals surface area (Å²) in [5.74, 6) is 1.67. The Hall–Kier alpha value is -1.66. The Balaban J connectivity index is 2.20. The Kier molecular flexibility index (Phi) is 3.58. The molecule has 104 valence electrons. The van der Waals surface area contributed by atoms with E-state index in [1.807, 2.05) is 16.0 Å². The molecule has 1 unspecified atom stereocenters. The van der Waals surface area contributed by atoms with Gasteiger partial charge in [-0.25, -0.2) is 9.97 Å². The van der Waals surface area contributed by atoms with Crippen molar-refractivity contribution in [1.82, 2.24) is 19.5 Å². The molecule has 0 N–H and O–H groups in total. The largest absolute Gasteiger partial charge is 0.481 e. The van der Waals surface area contributed by atoms with Crippen LogP contribution < -0.4 is 4.74 Å². The number of halogens is 1. The lowest BCUT2D eigenvalue weighted by Gasteiger charge is -2.14. The number of pyridine rings is 1. The second-order valence-corrected chi connectivity index (χ2v) is 5.47. The summed E-state index contributed by atoms with van der Waals surface area (Å²) in [4.78, 5) is 13.4. The maximum atomic E-state index is 6.02. The Bertz CT molecular complexity index is 725. The number of alkyl halides is 1. The lowest BCUT2D eigenvalue weighted by Crippen LogP contribution is -2.10. The molecule has 0 aliphatic heterocycles. The standard InChI is InChI=1S/C13H13ClN4OS/c1-8(13-15-5-6-20-13)18-10(7-14)16-9-3-4-11(19-2)17-12(9)18/h3-6,8H,7H2,1-2H3. The molecule has 0 saturated heterocycles. The van der Waals surface area contributed by atoms with Crippen molar-refractivity contribution in [1.29, 1.82) is 0 Å². The number of hydrogen-bond acceptors (Lipinski definition) is 5. The zero-order valence-corrected chi connectivity index (χ0v) is 12.6. The van der Waals surface area contributed by atoms with E-state index in [1.54, 1.807) is 30.7 Å². The minimum absolute atomic E-state index is 0.0355. The molecule has 0 spiro atoms. The SMILES string of the molecule is COc1ccc2nc(CCl)n(C(C)c3nccs3)c2n1. The number of fused-ring (bicyclic) bond motifs is 1. The van der Waals surface area contributed by atoms with Gasteiger partial charge in [-0.3, -0.25) is 0 Å². The smallest absolute Gasteiger partial charge is 0.215 e. The highest BCUT2D eigenvalue weighted by atomic mass is 35.5. The van der Waals surface area contributed by atoms with Gasteiger partial charge in [0.05, 0.1) is 19.0 Å². The molecule has 0 radical (unpaired) electrons. The summed E-state index contributed by atoms with van der Waals surface area (Å²) in [5.41, 5.74) is 1.58. The van der Waals surface area contributed by atoms with Crippen molar-refractivity contribution in [2.75, 3.05) is 7.11 Å². The van der Waals surface area contributed by atoms with Gasteiger partial charge in [-0.1, -0.05) is 0 Å². The average Bonchev–Trinajstić information content (AvgIpc) is 3.12. The zero-order valence-electron chi connectivity index (χ0n) is 11.1. The summed E-state index contributed by atoms with van der Waals surface area (Å²) < 4.78 is 7.21. The molecule has 0 aliphatic rings. The fraction of sp³-hybridized carbons (Fsp3) is 0.308. The third-order valence-electron chi connectivity index (χ3n) is 3.11. The molecule has 1 atom stereocenters. The molecule has 3 heterocycles. The van der Waals surface area contributed by atoms with E-state index in [0.717, 1.165) is 22.0 Å². The van der Waals surface area contributed by atoms with Crippen LogP contribution >= 0.6 is 22.9 Å². The minimum atomic E-state index is 0.0355. The monoisotopic (exact) mass is 308 g/mol. The fourth-order valence-corrected chi connectivity index (χ4v) is 3.04. The Morgan fingerprint density at radius 1 is 1.40 bits per heavy atom. The molecule has 3 aromatic rings. The molecule has 5 nitrogen and oxygen atoms in total. The first kappa shape index (κ1) is 13.3. The Morgan fingerprint density at radius 2 is 2.25 bits per heavy atom. The van der Waals surface area contributed by atoms with Crippen LogP contribution in [-0.2, 0) is 5.88 Å². The van der Waals surface area contributed by atoms with Crippen molar-refractivity contribution in [3.8, 4) is 5.88 Å². The van der Waals surface area contributed by atoms with Crippen molar-refractivity contribution in [3.63, 3.8) is 0 Å². The molecule has 3 aromatic heterocycles. The predicted octanol–water partition coefficient (Wildman–Crippen LogP) is 3.24. The topological polar surface area (TPSA) is 52.8 Å². The molecule has 20 heavy (non-hydrogen) atoms. The van der Waals surface area contributed by atoms with Gasteiger partial charge in [0.1, 0.15) is 16.3 Å². The maximum absolute atomic E-state index is 6.02. The number of thiazole rings is 1. The maximum Gasteiger partial charge on any atom is 0.215 e. The van der Waals surface area contributed by atoms with Crippen molar-refractivity contribution in [2.45, 2.75) is 18.8 Å². The summed E-state index contributed by atoms with van der Waals surface area (Å²) in [6.45, 7) is 2.07. The van der Waals surface area contributed by atoms with Crippen LogP contribution in [0.1, 0.15) is 23.8 Å².